The maximum Gasteiger partial charge on any atom is 0.281 e. The summed E-state index contributed by atoms with van der Waals surface area (Å²) in [7, 11) is -0.140. The molecule has 8 heteroatoms. The van der Waals surface area contributed by atoms with Crippen LogP contribution in [0.4, 0.5) is 0 Å². The second-order valence-corrected chi connectivity index (χ2v) is 8.47. The van der Waals surface area contributed by atoms with Crippen LogP contribution in [0.15, 0.2) is 58.5 Å². The summed E-state index contributed by atoms with van der Waals surface area (Å²) in [5.74, 6) is -0.0296. The number of fused-ring (bicyclic) bond motifs is 3. The standard InChI is InChI=1S/C18H18N4O3S/c1-12-8-10-13(11-9-12)17(23)21-18(20(2)3)22-16(19-21)14-6-4-5-7-15(14)26(22,24)25/h4-11,18H,1-3H3/p+1/t18-/m0/s1. The molecular weight excluding hydrogens is 352 g/mol. The number of carbonyl (C=O) groups is 1. The third-order valence-corrected chi connectivity index (χ3v) is 6.36. The van der Waals surface area contributed by atoms with Crippen LogP contribution in [0.3, 0.4) is 0 Å². The van der Waals surface area contributed by atoms with Crippen molar-refractivity contribution in [2.75, 3.05) is 14.1 Å². The summed E-state index contributed by atoms with van der Waals surface area (Å²) in [5, 5.41) is 5.68. The molecule has 2 aromatic rings. The normalized spacial score (nSPS) is 20.2. The quantitative estimate of drug-likeness (QED) is 0.822. The lowest BCUT2D eigenvalue weighted by molar-refractivity contribution is -0.904. The van der Waals surface area contributed by atoms with Gasteiger partial charge in [-0.25, -0.2) is 8.42 Å². The zero-order valence-electron chi connectivity index (χ0n) is 14.7. The van der Waals surface area contributed by atoms with E-state index in [1.54, 1.807) is 50.5 Å². The highest BCUT2D eigenvalue weighted by Crippen LogP contribution is 2.36. The monoisotopic (exact) mass is 371 g/mol. The minimum atomic E-state index is -3.74. The van der Waals surface area contributed by atoms with E-state index in [1.807, 2.05) is 19.1 Å². The molecule has 2 aliphatic heterocycles. The van der Waals surface area contributed by atoms with Crippen LogP contribution in [0.25, 0.3) is 0 Å². The molecule has 2 aromatic carbocycles. The highest BCUT2D eigenvalue weighted by atomic mass is 32.2. The molecule has 0 saturated heterocycles. The average molecular weight is 371 g/mol. The van der Waals surface area contributed by atoms with E-state index in [0.717, 1.165) is 10.5 Å². The van der Waals surface area contributed by atoms with E-state index >= 15 is 0 Å². The first kappa shape index (κ1) is 16.7. The highest BCUT2D eigenvalue weighted by Gasteiger charge is 2.54. The van der Waals surface area contributed by atoms with Gasteiger partial charge < -0.3 is 0 Å². The van der Waals surface area contributed by atoms with Gasteiger partial charge in [-0.2, -0.15) is 9.31 Å². The Morgan fingerprint density at radius 1 is 1.08 bits per heavy atom. The summed E-state index contributed by atoms with van der Waals surface area (Å²) in [6.45, 7) is 1.94. The van der Waals surface area contributed by atoms with Crippen LogP contribution in [0.1, 0.15) is 21.5 Å². The number of hydrogen-bond donors (Lipinski definition) is 1. The summed E-state index contributed by atoms with van der Waals surface area (Å²) >= 11 is 0. The van der Waals surface area contributed by atoms with Crippen LogP contribution in [-0.4, -0.2) is 49.9 Å². The molecule has 1 amide bonds. The van der Waals surface area contributed by atoms with Crippen LogP contribution in [0.5, 0.6) is 0 Å². The van der Waals surface area contributed by atoms with Gasteiger partial charge in [0.15, 0.2) is 5.84 Å². The second kappa shape index (κ2) is 5.65. The number of benzene rings is 2. The largest absolute Gasteiger partial charge is 0.299 e. The summed E-state index contributed by atoms with van der Waals surface area (Å²) in [4.78, 5) is 14.0. The Bertz CT molecular complexity index is 1030. The van der Waals surface area contributed by atoms with Gasteiger partial charge in [0.05, 0.1) is 19.0 Å². The lowest BCUT2D eigenvalue weighted by Gasteiger charge is -2.29. The van der Waals surface area contributed by atoms with Crippen molar-refractivity contribution in [3.63, 3.8) is 0 Å². The fourth-order valence-corrected chi connectivity index (χ4v) is 5.11. The Labute approximate surface area is 152 Å². The number of amides is 1. The van der Waals surface area contributed by atoms with Gasteiger partial charge in [-0.1, -0.05) is 29.8 Å². The molecule has 0 radical (unpaired) electrons. The summed E-state index contributed by atoms with van der Waals surface area (Å²) in [5.41, 5.74) is 2.04. The number of aryl methyl sites for hydroxylation is 1. The van der Waals surface area contributed by atoms with Crippen molar-refractivity contribution in [2.45, 2.75) is 18.1 Å². The Balaban J connectivity index is 1.84. The first-order valence-corrected chi connectivity index (χ1v) is 9.69. The SMILES string of the molecule is Cc1ccc(C(=O)N2N=C3c4ccccc4S(=O)(=O)N3[C@H]2[NH+](C)C)cc1. The number of hydrogen-bond acceptors (Lipinski definition) is 4. The van der Waals surface area contributed by atoms with Crippen LogP contribution in [0.2, 0.25) is 0 Å². The Hall–Kier alpha value is -2.71. The highest BCUT2D eigenvalue weighted by molar-refractivity contribution is 7.90. The summed E-state index contributed by atoms with van der Waals surface area (Å²) < 4.78 is 27.3. The van der Waals surface area contributed by atoms with Crippen LogP contribution in [-0.2, 0) is 10.0 Å². The minimum absolute atomic E-state index is 0.229. The first-order valence-electron chi connectivity index (χ1n) is 8.25. The van der Waals surface area contributed by atoms with Crippen molar-refractivity contribution >= 4 is 21.8 Å². The Morgan fingerprint density at radius 2 is 1.73 bits per heavy atom. The zero-order valence-corrected chi connectivity index (χ0v) is 15.5. The topological polar surface area (TPSA) is 74.5 Å². The van der Waals surface area contributed by atoms with E-state index in [4.69, 9.17) is 0 Å². The molecule has 134 valence electrons. The van der Waals surface area contributed by atoms with E-state index in [0.29, 0.717) is 17.0 Å². The van der Waals surface area contributed by atoms with Gasteiger partial charge in [-0.15, -0.1) is 5.10 Å². The van der Waals surface area contributed by atoms with Crippen LogP contribution >= 0.6 is 0 Å². The third kappa shape index (κ3) is 2.26. The number of amidine groups is 1. The molecule has 1 atom stereocenters. The molecule has 4 rings (SSSR count). The predicted octanol–water partition coefficient (Wildman–Crippen LogP) is 0.245. The van der Waals surface area contributed by atoms with Crippen LogP contribution < -0.4 is 4.90 Å². The number of quaternary nitrogens is 1. The number of nitrogens with one attached hydrogen (secondary N) is 1. The van der Waals surface area contributed by atoms with Gasteiger partial charge in [-0.05, 0) is 31.2 Å². The fourth-order valence-electron chi connectivity index (χ4n) is 3.28. The molecule has 26 heavy (non-hydrogen) atoms. The van der Waals surface area contributed by atoms with Crippen molar-refractivity contribution in [3.05, 3.63) is 65.2 Å². The molecule has 0 saturated carbocycles. The Morgan fingerprint density at radius 3 is 2.38 bits per heavy atom. The van der Waals surface area contributed by atoms with Crippen molar-refractivity contribution in [3.8, 4) is 0 Å². The number of carbonyl (C=O) groups excluding carboxylic acids is 1. The maximum absolute atomic E-state index is 13.0. The van der Waals surface area contributed by atoms with Gasteiger partial charge in [0, 0.05) is 11.1 Å². The molecule has 0 aromatic heterocycles. The second-order valence-electron chi connectivity index (χ2n) is 6.69. The van der Waals surface area contributed by atoms with E-state index < -0.39 is 16.3 Å². The van der Waals surface area contributed by atoms with Crippen molar-refractivity contribution in [1.82, 2.24) is 9.31 Å². The van der Waals surface area contributed by atoms with Crippen LogP contribution in [0, 0.1) is 6.92 Å². The van der Waals surface area contributed by atoms with Gasteiger partial charge in [0.25, 0.3) is 22.2 Å². The fraction of sp³-hybridized carbons (Fsp3) is 0.222. The van der Waals surface area contributed by atoms with Crippen molar-refractivity contribution in [1.29, 1.82) is 0 Å². The number of sulfonamides is 1. The number of nitrogens with zero attached hydrogens (tertiary/aromatic N) is 3. The van der Waals surface area contributed by atoms with Gasteiger partial charge in [-0.3, -0.25) is 9.69 Å². The van der Waals surface area contributed by atoms with E-state index in [-0.39, 0.29) is 10.8 Å². The zero-order chi connectivity index (χ0) is 18.6. The van der Waals surface area contributed by atoms with Gasteiger partial charge in [0.1, 0.15) is 0 Å². The minimum Gasteiger partial charge on any atom is -0.299 e. The molecule has 0 bridgehead atoms. The number of hydrazone groups is 1. The van der Waals surface area contributed by atoms with E-state index in [1.165, 1.54) is 9.31 Å². The first-order chi connectivity index (χ1) is 12.3. The molecule has 0 spiro atoms. The summed E-state index contributed by atoms with van der Waals surface area (Å²) in [6, 6.07) is 13.9. The van der Waals surface area contributed by atoms with Gasteiger partial charge in [0.2, 0.25) is 0 Å². The maximum atomic E-state index is 13.0. The molecule has 2 aliphatic rings. The number of rotatable bonds is 2. The van der Waals surface area contributed by atoms with Crippen molar-refractivity contribution in [2.24, 2.45) is 5.10 Å². The summed E-state index contributed by atoms with van der Waals surface area (Å²) in [6.07, 6.45) is -0.767. The molecule has 7 nitrogen and oxygen atoms in total. The Kier molecular flexibility index (Phi) is 3.64. The third-order valence-electron chi connectivity index (χ3n) is 4.55. The lowest BCUT2D eigenvalue weighted by Crippen LogP contribution is -3.13. The molecular formula is C18H19N4O3S+. The van der Waals surface area contributed by atoms with Crippen molar-refractivity contribution < 1.29 is 18.1 Å². The molecule has 0 aliphatic carbocycles. The van der Waals surface area contributed by atoms with E-state index in [2.05, 4.69) is 5.10 Å². The molecule has 1 N–H and O–H groups in total. The van der Waals surface area contributed by atoms with Gasteiger partial charge >= 0.3 is 0 Å². The smallest absolute Gasteiger partial charge is 0.281 e. The lowest BCUT2D eigenvalue weighted by atomic mass is 10.1. The average Bonchev–Trinajstić information content (AvgIpc) is 3.11. The molecule has 2 heterocycles. The molecule has 0 fully saturated rings. The molecule has 0 unspecified atom stereocenters. The van der Waals surface area contributed by atoms with E-state index in [9.17, 15) is 13.2 Å². The predicted molar refractivity (Wildman–Crippen MR) is 96.0 cm³/mol.